The van der Waals surface area contributed by atoms with Gasteiger partial charge in [0.25, 0.3) is 5.91 Å². The third kappa shape index (κ3) is 3.55. The Balaban J connectivity index is 2.23. The first kappa shape index (κ1) is 14.9. The Labute approximate surface area is 130 Å². The molecule has 0 bridgehead atoms. The number of aryl methyl sites for hydroxylation is 2. The summed E-state index contributed by atoms with van der Waals surface area (Å²) < 4.78 is 0.760. The molecule has 20 heavy (non-hydrogen) atoms. The Kier molecular flexibility index (Phi) is 4.73. The topological polar surface area (TPSA) is 54.9 Å². The molecule has 0 aliphatic carbocycles. The Morgan fingerprint density at radius 1 is 1.40 bits per heavy atom. The number of anilines is 1. The molecule has 0 atom stereocenters. The molecule has 0 radical (unpaired) electrons. The first-order chi connectivity index (χ1) is 9.49. The number of rotatable bonds is 3. The van der Waals surface area contributed by atoms with Gasteiger partial charge in [-0.2, -0.15) is 0 Å². The lowest BCUT2D eigenvalue weighted by Gasteiger charge is -2.08. The van der Waals surface area contributed by atoms with Crippen molar-refractivity contribution >= 4 is 39.1 Å². The quantitative estimate of drug-likeness (QED) is 0.847. The summed E-state index contributed by atoms with van der Waals surface area (Å²) in [5, 5.41) is 3.12. The number of amides is 1. The van der Waals surface area contributed by atoms with E-state index in [4.69, 9.17) is 11.6 Å². The fourth-order valence-corrected chi connectivity index (χ4v) is 2.14. The minimum absolute atomic E-state index is 0.229. The molecule has 0 unspecified atom stereocenters. The van der Waals surface area contributed by atoms with E-state index in [0.717, 1.165) is 22.3 Å². The molecule has 1 N–H and O–H groups in total. The van der Waals surface area contributed by atoms with Crippen molar-refractivity contribution in [2.75, 3.05) is 5.32 Å². The minimum Gasteiger partial charge on any atom is -0.321 e. The van der Waals surface area contributed by atoms with Crippen LogP contribution in [-0.2, 0) is 6.42 Å². The van der Waals surface area contributed by atoms with Crippen molar-refractivity contribution < 1.29 is 4.79 Å². The average Bonchev–Trinajstić information content (AvgIpc) is 2.42. The number of carbonyl (C=O) groups is 1. The van der Waals surface area contributed by atoms with Crippen LogP contribution in [-0.4, -0.2) is 15.9 Å². The molecule has 0 aliphatic heterocycles. The first-order valence-electron chi connectivity index (χ1n) is 6.09. The Hall–Kier alpha value is -1.46. The fourth-order valence-electron chi connectivity index (χ4n) is 1.69. The maximum absolute atomic E-state index is 12.2. The van der Waals surface area contributed by atoms with E-state index in [0.29, 0.717) is 16.4 Å². The number of carbonyl (C=O) groups excluding carboxylic acids is 1. The van der Waals surface area contributed by atoms with E-state index in [-0.39, 0.29) is 5.91 Å². The molecule has 1 amide bonds. The van der Waals surface area contributed by atoms with Crippen LogP contribution in [0.15, 0.2) is 29.0 Å². The Bertz CT molecular complexity index is 661. The molecule has 6 heteroatoms. The summed E-state index contributed by atoms with van der Waals surface area (Å²) in [6, 6.07) is 5.13. The summed E-state index contributed by atoms with van der Waals surface area (Å²) in [7, 11) is 0. The van der Waals surface area contributed by atoms with Gasteiger partial charge in [0.1, 0.15) is 9.76 Å². The van der Waals surface area contributed by atoms with Gasteiger partial charge in [-0.25, -0.2) is 9.97 Å². The summed E-state index contributed by atoms with van der Waals surface area (Å²) in [5.74, 6) is -0.229. The van der Waals surface area contributed by atoms with Crippen LogP contribution in [0.3, 0.4) is 0 Å². The second-order valence-electron chi connectivity index (χ2n) is 4.31. The maximum Gasteiger partial charge on any atom is 0.255 e. The lowest BCUT2D eigenvalue weighted by Crippen LogP contribution is -2.13. The standard InChI is InChI=1S/C14H13BrClN3O/c1-3-10-5-9(6-12(16)18-10)14(20)19-11-4-8(2)13(15)17-7-11/h4-7H,3H2,1-2H3,(H,19,20). The molecule has 2 aromatic heterocycles. The van der Waals surface area contributed by atoms with Crippen LogP contribution in [0.1, 0.15) is 28.5 Å². The van der Waals surface area contributed by atoms with E-state index >= 15 is 0 Å². The Morgan fingerprint density at radius 2 is 2.15 bits per heavy atom. The zero-order valence-corrected chi connectivity index (χ0v) is 13.4. The molecule has 0 saturated carbocycles. The summed E-state index contributed by atoms with van der Waals surface area (Å²) in [5.41, 5.74) is 2.86. The number of hydrogen-bond acceptors (Lipinski definition) is 3. The van der Waals surface area contributed by atoms with E-state index in [2.05, 4.69) is 31.2 Å². The second kappa shape index (κ2) is 6.33. The van der Waals surface area contributed by atoms with Crippen LogP contribution >= 0.6 is 27.5 Å². The van der Waals surface area contributed by atoms with Crippen molar-refractivity contribution in [3.63, 3.8) is 0 Å². The highest BCUT2D eigenvalue weighted by Gasteiger charge is 2.10. The second-order valence-corrected chi connectivity index (χ2v) is 5.45. The number of pyridine rings is 2. The van der Waals surface area contributed by atoms with Crippen molar-refractivity contribution in [1.29, 1.82) is 0 Å². The molecule has 0 aromatic carbocycles. The van der Waals surface area contributed by atoms with E-state index < -0.39 is 0 Å². The smallest absolute Gasteiger partial charge is 0.255 e. The van der Waals surface area contributed by atoms with Crippen LogP contribution in [0.5, 0.6) is 0 Å². The van der Waals surface area contributed by atoms with Gasteiger partial charge in [0, 0.05) is 11.3 Å². The van der Waals surface area contributed by atoms with Gasteiger partial charge in [-0.3, -0.25) is 4.79 Å². The van der Waals surface area contributed by atoms with Crippen molar-refractivity contribution in [3.05, 3.63) is 51.0 Å². The van der Waals surface area contributed by atoms with E-state index in [1.54, 1.807) is 18.3 Å². The lowest BCUT2D eigenvalue weighted by molar-refractivity contribution is 0.102. The molecule has 2 rings (SSSR count). The summed E-state index contributed by atoms with van der Waals surface area (Å²) in [6.45, 7) is 3.87. The van der Waals surface area contributed by atoms with Crippen LogP contribution < -0.4 is 5.32 Å². The lowest BCUT2D eigenvalue weighted by atomic mass is 10.2. The van der Waals surface area contributed by atoms with Crippen LogP contribution in [0.4, 0.5) is 5.69 Å². The largest absolute Gasteiger partial charge is 0.321 e. The van der Waals surface area contributed by atoms with Crippen LogP contribution in [0.2, 0.25) is 5.15 Å². The van der Waals surface area contributed by atoms with Gasteiger partial charge in [0.2, 0.25) is 0 Å². The predicted octanol–water partition coefficient (Wildman–Crippen LogP) is 4.02. The molecule has 0 fully saturated rings. The van der Waals surface area contributed by atoms with Crippen molar-refractivity contribution in [3.8, 4) is 0 Å². The average molecular weight is 355 g/mol. The molecule has 0 aliphatic rings. The van der Waals surface area contributed by atoms with Gasteiger partial charge in [-0.1, -0.05) is 18.5 Å². The highest BCUT2D eigenvalue weighted by Crippen LogP contribution is 2.18. The minimum atomic E-state index is -0.229. The number of nitrogens with zero attached hydrogens (tertiary/aromatic N) is 2. The fraction of sp³-hybridized carbons (Fsp3) is 0.214. The zero-order chi connectivity index (χ0) is 14.7. The molecule has 4 nitrogen and oxygen atoms in total. The van der Waals surface area contributed by atoms with Crippen LogP contribution in [0.25, 0.3) is 0 Å². The molecular formula is C14H13BrClN3O. The summed E-state index contributed by atoms with van der Waals surface area (Å²) in [4.78, 5) is 20.5. The van der Waals surface area contributed by atoms with Gasteiger partial charge in [0.05, 0.1) is 11.9 Å². The molecule has 104 valence electrons. The summed E-state index contributed by atoms with van der Waals surface area (Å²) in [6.07, 6.45) is 2.32. The summed E-state index contributed by atoms with van der Waals surface area (Å²) >= 11 is 9.23. The van der Waals surface area contributed by atoms with Gasteiger partial charge >= 0.3 is 0 Å². The Morgan fingerprint density at radius 3 is 2.80 bits per heavy atom. The molecule has 0 saturated heterocycles. The van der Waals surface area contributed by atoms with Gasteiger partial charge in [-0.15, -0.1) is 0 Å². The van der Waals surface area contributed by atoms with Gasteiger partial charge < -0.3 is 5.32 Å². The molecule has 2 heterocycles. The SMILES string of the molecule is CCc1cc(C(=O)Nc2cnc(Br)c(C)c2)cc(Cl)n1. The van der Waals surface area contributed by atoms with Crippen molar-refractivity contribution in [2.24, 2.45) is 0 Å². The number of halogens is 2. The zero-order valence-electron chi connectivity index (χ0n) is 11.1. The van der Waals surface area contributed by atoms with Crippen molar-refractivity contribution in [1.82, 2.24) is 9.97 Å². The van der Waals surface area contributed by atoms with Gasteiger partial charge in [0.15, 0.2) is 0 Å². The predicted molar refractivity (Wildman–Crippen MR) is 83.3 cm³/mol. The van der Waals surface area contributed by atoms with Crippen molar-refractivity contribution in [2.45, 2.75) is 20.3 Å². The highest BCUT2D eigenvalue weighted by molar-refractivity contribution is 9.10. The molecular weight excluding hydrogens is 342 g/mol. The van der Waals surface area contributed by atoms with E-state index in [1.807, 2.05) is 19.9 Å². The maximum atomic E-state index is 12.2. The van der Waals surface area contributed by atoms with Crippen LogP contribution in [0, 0.1) is 6.92 Å². The molecule has 0 spiro atoms. The molecule has 2 aromatic rings. The number of aromatic nitrogens is 2. The number of nitrogens with one attached hydrogen (secondary N) is 1. The van der Waals surface area contributed by atoms with E-state index in [9.17, 15) is 4.79 Å². The highest BCUT2D eigenvalue weighted by atomic mass is 79.9. The normalized spacial score (nSPS) is 10.4. The third-order valence-electron chi connectivity index (χ3n) is 2.74. The monoisotopic (exact) mass is 353 g/mol. The first-order valence-corrected chi connectivity index (χ1v) is 7.26. The number of hydrogen-bond donors (Lipinski definition) is 1. The third-order valence-corrected chi connectivity index (χ3v) is 3.77. The van der Waals surface area contributed by atoms with E-state index in [1.165, 1.54) is 0 Å². The van der Waals surface area contributed by atoms with Gasteiger partial charge in [-0.05, 0) is 53.0 Å².